The summed E-state index contributed by atoms with van der Waals surface area (Å²) in [6.07, 6.45) is 3.34. The molecule has 0 saturated carbocycles. The van der Waals surface area contributed by atoms with Crippen LogP contribution in [-0.2, 0) is 0 Å². The second-order valence-corrected chi connectivity index (χ2v) is 5.63. The maximum absolute atomic E-state index is 13.1. The van der Waals surface area contributed by atoms with Crippen LogP contribution < -0.4 is 0 Å². The number of Topliss-reactive ketones (excluding diaryl/α,β-unsaturated/α-hetero) is 1. The van der Waals surface area contributed by atoms with Gasteiger partial charge in [-0.25, -0.2) is 4.39 Å². The number of carbonyl (C=O) groups is 1. The van der Waals surface area contributed by atoms with Gasteiger partial charge >= 0.3 is 0 Å². The molecule has 3 rings (SSSR count). The lowest BCUT2D eigenvalue weighted by molar-refractivity contribution is 0.102. The van der Waals surface area contributed by atoms with Gasteiger partial charge in [0.05, 0.1) is 5.75 Å². The smallest absolute Gasteiger partial charge is 0.175 e. The van der Waals surface area contributed by atoms with E-state index in [0.29, 0.717) is 5.56 Å². The van der Waals surface area contributed by atoms with Gasteiger partial charge in [0, 0.05) is 28.2 Å². The molecule has 0 atom stereocenters. The Balaban J connectivity index is 1.81. The first-order valence-corrected chi connectivity index (χ1v) is 7.47. The predicted molar refractivity (Wildman–Crippen MR) is 83.2 cm³/mol. The molecule has 21 heavy (non-hydrogen) atoms. The molecule has 0 bridgehead atoms. The summed E-state index contributed by atoms with van der Waals surface area (Å²) >= 11 is 1.33. The fourth-order valence-corrected chi connectivity index (χ4v) is 2.95. The zero-order valence-corrected chi connectivity index (χ0v) is 11.9. The third-order valence-corrected chi connectivity index (χ3v) is 4.13. The summed E-state index contributed by atoms with van der Waals surface area (Å²) < 4.78 is 13.1. The highest BCUT2D eigenvalue weighted by atomic mass is 32.2. The molecule has 1 aromatic heterocycles. The first kappa shape index (κ1) is 13.8. The van der Waals surface area contributed by atoms with Crippen LogP contribution in [0.1, 0.15) is 10.4 Å². The largest absolute Gasteiger partial charge is 0.293 e. The Bertz CT molecular complexity index is 798. The van der Waals surface area contributed by atoms with Crippen molar-refractivity contribution in [2.24, 2.45) is 0 Å². The van der Waals surface area contributed by atoms with Gasteiger partial charge in [0.1, 0.15) is 5.82 Å². The van der Waals surface area contributed by atoms with E-state index in [-0.39, 0.29) is 17.4 Å². The van der Waals surface area contributed by atoms with Crippen LogP contribution in [0.3, 0.4) is 0 Å². The molecular weight excluding hydrogens is 285 g/mol. The number of hydrogen-bond donors (Lipinski definition) is 0. The van der Waals surface area contributed by atoms with Gasteiger partial charge < -0.3 is 0 Å². The fraction of sp³-hybridized carbons (Fsp3) is 0.0588. The summed E-state index contributed by atoms with van der Waals surface area (Å²) in [7, 11) is 0. The molecule has 4 heteroatoms. The van der Waals surface area contributed by atoms with Gasteiger partial charge in [0.2, 0.25) is 0 Å². The van der Waals surface area contributed by atoms with E-state index in [0.717, 1.165) is 15.7 Å². The zero-order valence-electron chi connectivity index (χ0n) is 11.1. The highest BCUT2D eigenvalue weighted by molar-refractivity contribution is 8.00. The molecule has 0 spiro atoms. The normalized spacial score (nSPS) is 10.7. The number of nitrogens with zero attached hydrogens (tertiary/aromatic N) is 1. The lowest BCUT2D eigenvalue weighted by Crippen LogP contribution is -2.04. The Morgan fingerprint density at radius 3 is 2.81 bits per heavy atom. The summed E-state index contributed by atoms with van der Waals surface area (Å²) in [4.78, 5) is 17.2. The molecule has 0 radical (unpaired) electrons. The van der Waals surface area contributed by atoms with Crippen molar-refractivity contribution in [1.82, 2.24) is 4.98 Å². The van der Waals surface area contributed by atoms with Crippen LogP contribution >= 0.6 is 11.8 Å². The van der Waals surface area contributed by atoms with Gasteiger partial charge in [0.25, 0.3) is 0 Å². The number of pyridine rings is 1. The first-order chi connectivity index (χ1) is 10.2. The monoisotopic (exact) mass is 297 g/mol. The van der Waals surface area contributed by atoms with Crippen molar-refractivity contribution in [3.8, 4) is 0 Å². The third-order valence-electron chi connectivity index (χ3n) is 3.13. The van der Waals surface area contributed by atoms with Gasteiger partial charge in [-0.05, 0) is 23.6 Å². The van der Waals surface area contributed by atoms with Crippen LogP contribution in [-0.4, -0.2) is 16.5 Å². The van der Waals surface area contributed by atoms with Gasteiger partial charge in [-0.3, -0.25) is 9.78 Å². The third kappa shape index (κ3) is 3.11. The first-order valence-electron chi connectivity index (χ1n) is 6.48. The quantitative estimate of drug-likeness (QED) is 0.530. The van der Waals surface area contributed by atoms with E-state index in [1.165, 1.54) is 23.9 Å². The summed E-state index contributed by atoms with van der Waals surface area (Å²) in [6, 6.07) is 13.9. The average Bonchev–Trinajstić information content (AvgIpc) is 2.52. The molecule has 0 aliphatic rings. The van der Waals surface area contributed by atoms with E-state index in [9.17, 15) is 9.18 Å². The van der Waals surface area contributed by atoms with Crippen LogP contribution in [0.4, 0.5) is 4.39 Å². The fourth-order valence-electron chi connectivity index (χ4n) is 2.12. The number of halogens is 1. The molecule has 2 aromatic carbocycles. The minimum absolute atomic E-state index is 0.00596. The standard InChI is InChI=1S/C17H12FNOS/c18-13-5-3-6-14(8-13)21-11-17(20)16-10-19-9-12-4-1-2-7-15(12)16/h1-10H,11H2. The van der Waals surface area contributed by atoms with Crippen LogP contribution in [0.25, 0.3) is 10.8 Å². The highest BCUT2D eigenvalue weighted by Gasteiger charge is 2.11. The molecule has 2 nitrogen and oxygen atoms in total. The Hall–Kier alpha value is -2.20. The van der Waals surface area contributed by atoms with Gasteiger partial charge in [-0.2, -0.15) is 0 Å². The molecular formula is C17H12FNOS. The van der Waals surface area contributed by atoms with E-state index in [1.807, 2.05) is 24.3 Å². The zero-order chi connectivity index (χ0) is 14.7. The predicted octanol–water partition coefficient (Wildman–Crippen LogP) is 4.35. The summed E-state index contributed by atoms with van der Waals surface area (Å²) in [5, 5.41) is 1.84. The Morgan fingerprint density at radius 1 is 1.10 bits per heavy atom. The van der Waals surface area contributed by atoms with E-state index < -0.39 is 0 Å². The van der Waals surface area contributed by atoms with Gasteiger partial charge in [-0.15, -0.1) is 11.8 Å². The molecule has 0 fully saturated rings. The SMILES string of the molecule is O=C(CSc1cccc(F)c1)c1cncc2ccccc12. The lowest BCUT2D eigenvalue weighted by atomic mass is 10.1. The van der Waals surface area contributed by atoms with E-state index in [2.05, 4.69) is 4.98 Å². The second kappa shape index (κ2) is 6.06. The maximum atomic E-state index is 13.1. The number of benzene rings is 2. The van der Waals surface area contributed by atoms with E-state index in [4.69, 9.17) is 0 Å². The highest BCUT2D eigenvalue weighted by Crippen LogP contribution is 2.23. The van der Waals surface area contributed by atoms with Crippen molar-refractivity contribution in [2.45, 2.75) is 4.90 Å². The maximum Gasteiger partial charge on any atom is 0.175 e. The van der Waals surface area contributed by atoms with Crippen LogP contribution in [0.15, 0.2) is 65.8 Å². The molecule has 0 amide bonds. The number of thioether (sulfide) groups is 1. The topological polar surface area (TPSA) is 30.0 Å². The molecule has 0 unspecified atom stereocenters. The molecule has 104 valence electrons. The van der Waals surface area contributed by atoms with Crippen molar-refractivity contribution in [3.63, 3.8) is 0 Å². The minimum atomic E-state index is -0.292. The molecule has 3 aromatic rings. The minimum Gasteiger partial charge on any atom is -0.293 e. The molecule has 1 heterocycles. The van der Waals surface area contributed by atoms with Crippen LogP contribution in [0, 0.1) is 5.82 Å². The van der Waals surface area contributed by atoms with Crippen LogP contribution in [0.2, 0.25) is 0 Å². The molecule has 0 aliphatic carbocycles. The Labute approximate surface area is 126 Å². The number of ketones is 1. The summed E-state index contributed by atoms with van der Waals surface area (Å²) in [5.74, 6) is -0.0353. The number of fused-ring (bicyclic) bond motifs is 1. The van der Waals surface area contributed by atoms with Crippen molar-refractivity contribution >= 4 is 28.3 Å². The summed E-state index contributed by atoms with van der Waals surface area (Å²) in [6.45, 7) is 0. The molecule has 0 N–H and O–H groups in total. The van der Waals surface area contributed by atoms with Crippen molar-refractivity contribution < 1.29 is 9.18 Å². The van der Waals surface area contributed by atoms with Crippen LogP contribution in [0.5, 0.6) is 0 Å². The number of rotatable bonds is 4. The van der Waals surface area contributed by atoms with E-state index >= 15 is 0 Å². The number of hydrogen-bond acceptors (Lipinski definition) is 3. The average molecular weight is 297 g/mol. The van der Waals surface area contributed by atoms with Gasteiger partial charge in [0.15, 0.2) is 5.78 Å². The number of aromatic nitrogens is 1. The lowest BCUT2D eigenvalue weighted by Gasteiger charge is -2.05. The van der Waals surface area contributed by atoms with Crippen molar-refractivity contribution in [3.05, 3.63) is 72.3 Å². The van der Waals surface area contributed by atoms with E-state index in [1.54, 1.807) is 24.5 Å². The van der Waals surface area contributed by atoms with Gasteiger partial charge in [-0.1, -0.05) is 30.3 Å². The van der Waals surface area contributed by atoms with Crippen molar-refractivity contribution in [2.75, 3.05) is 5.75 Å². The molecule has 0 saturated heterocycles. The molecule has 0 aliphatic heterocycles. The second-order valence-electron chi connectivity index (χ2n) is 4.58. The van der Waals surface area contributed by atoms with Crippen molar-refractivity contribution in [1.29, 1.82) is 0 Å². The Kier molecular flexibility index (Phi) is 3.97. The summed E-state index contributed by atoms with van der Waals surface area (Å²) in [5.41, 5.74) is 0.608. The Morgan fingerprint density at radius 2 is 1.95 bits per heavy atom. The number of carbonyl (C=O) groups excluding carboxylic acids is 1.